The van der Waals surface area contributed by atoms with E-state index in [0.29, 0.717) is 44.3 Å². The number of carbonyl (C=O) groups is 4. The highest BCUT2D eigenvalue weighted by atomic mass is 35.5. The van der Waals surface area contributed by atoms with E-state index in [0.717, 1.165) is 58.9 Å². The number of amides is 3. The van der Waals surface area contributed by atoms with Crippen molar-refractivity contribution >= 4 is 43.9 Å². The van der Waals surface area contributed by atoms with Crippen LogP contribution < -0.4 is 19.5 Å². The molecule has 0 spiro atoms. The van der Waals surface area contributed by atoms with Crippen LogP contribution in [0.4, 0.5) is 13.6 Å². The van der Waals surface area contributed by atoms with E-state index < -0.39 is 54.1 Å². The van der Waals surface area contributed by atoms with Gasteiger partial charge >= 0.3 is 12.1 Å². The first kappa shape index (κ1) is 56.5. The molecule has 5 unspecified atom stereocenters. The predicted octanol–water partition coefficient (Wildman–Crippen LogP) is 9.57. The van der Waals surface area contributed by atoms with E-state index in [9.17, 15) is 38.1 Å². The average Bonchev–Trinajstić information content (AvgIpc) is 3.61. The molecule has 2 heterocycles. The van der Waals surface area contributed by atoms with Gasteiger partial charge in [0.1, 0.15) is 35.5 Å². The van der Waals surface area contributed by atoms with Crippen molar-refractivity contribution in [3.05, 3.63) is 133 Å². The Kier molecular flexibility index (Phi) is 22.1. The van der Waals surface area contributed by atoms with Crippen LogP contribution >= 0.6 is 19.5 Å². The van der Waals surface area contributed by atoms with Gasteiger partial charge in [-0.2, -0.15) is 0 Å². The number of nitrogens with one attached hydrogen (secondary N) is 1. The van der Waals surface area contributed by atoms with Gasteiger partial charge in [-0.1, -0.05) is 87.8 Å². The number of hydrogen-bond donors (Lipinski definition) is 1. The molecule has 0 bridgehead atoms. The van der Waals surface area contributed by atoms with Crippen molar-refractivity contribution in [2.24, 2.45) is 11.3 Å². The molecule has 5 atom stereocenters. The molecular weight excluding hydrogens is 949 g/mol. The third-order valence-corrected chi connectivity index (χ3v) is 14.5. The number of aryl methyl sites for hydroxylation is 2. The molecule has 19 heteroatoms. The smallest absolute Gasteiger partial charge is 0.415 e. The summed E-state index contributed by atoms with van der Waals surface area (Å²) in [5.74, 6) is -1.82. The molecular formula is C51H64ClF2N4O11P. The minimum absolute atomic E-state index is 0.0471. The van der Waals surface area contributed by atoms with Crippen LogP contribution in [-0.4, -0.2) is 104 Å². The van der Waals surface area contributed by atoms with E-state index in [1.54, 1.807) is 36.3 Å². The Hall–Kier alpha value is -6.06. The molecule has 0 aliphatic carbocycles. The molecule has 4 aromatic carbocycles. The third-order valence-electron chi connectivity index (χ3n) is 12.1. The topological polar surface area (TPSA) is 176 Å². The number of ether oxygens (including phenoxy) is 4. The Morgan fingerprint density at radius 2 is 1.70 bits per heavy atom. The Bertz CT molecular complexity index is 2400. The first-order valence-electron chi connectivity index (χ1n) is 23.1. The number of hydrogen-bond acceptors (Lipinski definition) is 11. The van der Waals surface area contributed by atoms with Crippen LogP contribution in [0.2, 0.25) is 5.02 Å². The lowest BCUT2D eigenvalue weighted by Crippen LogP contribution is -2.76. The van der Waals surface area contributed by atoms with Crippen molar-refractivity contribution in [2.45, 2.75) is 85.5 Å². The molecule has 0 radical (unpaired) electrons. The molecule has 2 aliphatic heterocycles. The molecule has 70 heavy (non-hydrogen) atoms. The monoisotopic (exact) mass is 1010 g/mol. The molecule has 0 aromatic heterocycles. The number of benzene rings is 4. The minimum Gasteiger partial charge on any atom is -0.496 e. The van der Waals surface area contributed by atoms with Crippen LogP contribution in [-0.2, 0) is 50.0 Å². The molecule has 380 valence electrons. The highest BCUT2D eigenvalue weighted by molar-refractivity contribution is 7.57. The summed E-state index contributed by atoms with van der Waals surface area (Å²) in [6, 6.07) is 21.9. The average molecular weight is 1010 g/mol. The maximum absolute atomic E-state index is 14.8. The molecule has 3 amide bonds. The zero-order chi connectivity index (χ0) is 51.5. The van der Waals surface area contributed by atoms with Crippen molar-refractivity contribution in [1.29, 1.82) is 0 Å². The van der Waals surface area contributed by atoms with E-state index in [2.05, 4.69) is 33.7 Å². The number of nitrogens with zero attached hydrogens (tertiary/aromatic N) is 3. The fourth-order valence-corrected chi connectivity index (χ4v) is 12.1. The number of likely N-dealkylation sites (tertiary alicyclic amines) is 1. The normalized spacial score (nSPS) is 17.9. The molecule has 0 saturated carbocycles. The predicted molar refractivity (Wildman–Crippen MR) is 264 cm³/mol. The first-order chi connectivity index (χ1) is 33.5. The minimum atomic E-state index is -0.873. The SMILES string of the molecule is CC.CCCN(Cc1ccc(OC)c(C)c1)C(=O)C(C)C1N(C(=O)Oc2cccc(CO[N+](=O)[O-])c2)C2CP(C)CC21Cc1ccc(CCCOc2c(F)ccc(F)c2Cl)cc1.COC(=O)CNC=O. The summed E-state index contributed by atoms with van der Waals surface area (Å²) in [7, 11) is 2.41. The summed E-state index contributed by atoms with van der Waals surface area (Å²) in [6.45, 7) is 12.9. The molecule has 2 fully saturated rings. The van der Waals surface area contributed by atoms with E-state index in [1.165, 1.54) is 7.11 Å². The van der Waals surface area contributed by atoms with Gasteiger partial charge in [0, 0.05) is 24.5 Å². The largest absolute Gasteiger partial charge is 0.496 e. The number of rotatable bonds is 21. The second-order valence-electron chi connectivity index (χ2n) is 16.9. The first-order valence-corrected chi connectivity index (χ1v) is 25.6. The lowest BCUT2D eigenvalue weighted by Gasteiger charge is -2.62. The van der Waals surface area contributed by atoms with Crippen LogP contribution in [0.5, 0.6) is 17.2 Å². The van der Waals surface area contributed by atoms with Crippen LogP contribution in [0, 0.1) is 40.0 Å². The Morgan fingerprint density at radius 1 is 1.01 bits per heavy atom. The van der Waals surface area contributed by atoms with Gasteiger partial charge in [-0.15, -0.1) is 18.0 Å². The number of carbonyl (C=O) groups excluding carboxylic acids is 4. The maximum atomic E-state index is 14.8. The third kappa shape index (κ3) is 14.7. The number of halogens is 3. The van der Waals surface area contributed by atoms with Crippen LogP contribution in [0.3, 0.4) is 0 Å². The van der Waals surface area contributed by atoms with Gasteiger partial charge in [0.15, 0.2) is 11.6 Å². The van der Waals surface area contributed by atoms with E-state index in [-0.39, 0.29) is 48.2 Å². The Balaban J connectivity index is 0.000000968. The zero-order valence-electron chi connectivity index (χ0n) is 41.0. The molecule has 15 nitrogen and oxygen atoms in total. The van der Waals surface area contributed by atoms with Gasteiger partial charge < -0.3 is 34.0 Å². The van der Waals surface area contributed by atoms with Crippen molar-refractivity contribution < 1.29 is 56.8 Å². The van der Waals surface area contributed by atoms with Crippen molar-refractivity contribution in [3.63, 3.8) is 0 Å². The van der Waals surface area contributed by atoms with Crippen molar-refractivity contribution in [1.82, 2.24) is 15.1 Å². The summed E-state index contributed by atoms with van der Waals surface area (Å²) in [5.41, 5.74) is 4.15. The number of fused-ring (bicyclic) bond motifs is 1. The number of methoxy groups -OCH3 is 2. The molecule has 1 N–H and O–H groups in total. The molecule has 2 saturated heterocycles. The van der Waals surface area contributed by atoms with Crippen molar-refractivity contribution in [2.75, 3.05) is 52.9 Å². The van der Waals surface area contributed by atoms with Gasteiger partial charge in [0.05, 0.1) is 32.8 Å². The van der Waals surface area contributed by atoms with Gasteiger partial charge in [0.2, 0.25) is 12.3 Å². The molecule has 6 rings (SSSR count). The van der Waals surface area contributed by atoms with E-state index in [4.69, 9.17) is 25.8 Å². The van der Waals surface area contributed by atoms with Crippen LogP contribution in [0.25, 0.3) is 0 Å². The van der Waals surface area contributed by atoms with Gasteiger partial charge in [0.25, 0.3) is 5.09 Å². The molecule has 4 aromatic rings. The maximum Gasteiger partial charge on any atom is 0.415 e. The Labute approximate surface area is 414 Å². The summed E-state index contributed by atoms with van der Waals surface area (Å²) in [6.07, 6.45) is 4.13. The summed E-state index contributed by atoms with van der Waals surface area (Å²) < 4.78 is 49.2. The second kappa shape index (κ2) is 27.4. The van der Waals surface area contributed by atoms with E-state index >= 15 is 0 Å². The fraction of sp³-hybridized carbons (Fsp3) is 0.451. The van der Waals surface area contributed by atoms with Crippen LogP contribution in [0.1, 0.15) is 68.4 Å². The zero-order valence-corrected chi connectivity index (χ0v) is 42.7. The van der Waals surface area contributed by atoms with Crippen LogP contribution in [0.15, 0.2) is 78.9 Å². The summed E-state index contributed by atoms with van der Waals surface area (Å²) >= 11 is 5.91. The lowest BCUT2D eigenvalue weighted by molar-refractivity contribution is -0.763. The summed E-state index contributed by atoms with van der Waals surface area (Å²) in [5, 5.41) is 11.7. The highest BCUT2D eigenvalue weighted by Gasteiger charge is 2.68. The quantitative estimate of drug-likeness (QED) is 0.0160. The Morgan fingerprint density at radius 3 is 2.34 bits per heavy atom. The van der Waals surface area contributed by atoms with Gasteiger partial charge in [-0.25, -0.2) is 13.6 Å². The van der Waals surface area contributed by atoms with Gasteiger partial charge in [-0.3, -0.25) is 19.3 Å². The van der Waals surface area contributed by atoms with Gasteiger partial charge in [-0.05, 0) is 110 Å². The standard InChI is InChI=1S/C45H51ClF2N3O8P.C4H7NO3.C2H6/c1-6-20-49(25-33-16-19-38(56-4)29(2)22-33)43(52)30(3)42-45(24-32-14-12-31(13-15-32)10-8-21-57-41-37(48)18-17-36(47)40(41)46)28-60(5)27-39(45)50(42)44(53)59-35-11-7-9-34(23-35)26-58-51(54)55;1-8-4(7)2-5-3-6;1-2/h7,9,11-19,22-23,30,39,42H,6,8,10,20-21,24-28H2,1-5H3;3H,2H2,1H3,(H,5,6);1-2H3. The highest BCUT2D eigenvalue weighted by Crippen LogP contribution is 2.63. The lowest BCUT2D eigenvalue weighted by atomic mass is 9.59. The second-order valence-corrected chi connectivity index (χ2v) is 19.6. The fourth-order valence-electron chi connectivity index (χ4n) is 9.14. The number of esters is 1. The van der Waals surface area contributed by atoms with E-state index in [1.807, 2.05) is 69.9 Å². The van der Waals surface area contributed by atoms with Crippen molar-refractivity contribution in [3.8, 4) is 17.2 Å². The summed E-state index contributed by atoms with van der Waals surface area (Å²) in [4.78, 5) is 67.7. The molecule has 2 aliphatic rings.